The van der Waals surface area contributed by atoms with Crippen molar-refractivity contribution in [3.05, 3.63) is 76.0 Å². The number of amides is 1. The molecule has 3 rings (SSSR count). The first-order valence-electron chi connectivity index (χ1n) is 8.11. The van der Waals surface area contributed by atoms with Crippen molar-refractivity contribution in [2.24, 2.45) is 0 Å². The van der Waals surface area contributed by atoms with Crippen LogP contribution in [0.15, 0.2) is 59.0 Å². The highest BCUT2D eigenvalue weighted by Crippen LogP contribution is 2.32. The lowest BCUT2D eigenvalue weighted by Gasteiger charge is -2.05. The quantitative estimate of drug-likeness (QED) is 0.556. The maximum Gasteiger partial charge on any atom is 0.338 e. The molecule has 0 aliphatic carbocycles. The molecule has 0 radical (unpaired) electrons. The molecule has 0 aliphatic heterocycles. The van der Waals surface area contributed by atoms with Crippen LogP contribution in [0.3, 0.4) is 0 Å². The monoisotopic (exact) mass is 403 g/mol. The third kappa shape index (κ3) is 4.51. The number of rotatable bonds is 5. The molecule has 0 aliphatic rings. The summed E-state index contributed by atoms with van der Waals surface area (Å²) in [6, 6.07) is 14.6. The molecule has 1 heterocycles. The third-order valence-electron chi connectivity index (χ3n) is 3.68. The molecule has 0 atom stereocenters. The van der Waals surface area contributed by atoms with Crippen molar-refractivity contribution < 1.29 is 18.7 Å². The van der Waals surface area contributed by atoms with Crippen LogP contribution >= 0.6 is 23.2 Å². The molecule has 3 aromatic rings. The van der Waals surface area contributed by atoms with Gasteiger partial charge in [-0.1, -0.05) is 23.2 Å². The van der Waals surface area contributed by atoms with Crippen molar-refractivity contribution in [2.45, 2.75) is 6.92 Å². The minimum absolute atomic E-state index is 0.121. The molecule has 138 valence electrons. The molecular weight excluding hydrogens is 389 g/mol. The maximum atomic E-state index is 12.4. The minimum Gasteiger partial charge on any atom is -0.462 e. The summed E-state index contributed by atoms with van der Waals surface area (Å²) in [6.07, 6.45) is 0. The Morgan fingerprint density at radius 1 is 1.04 bits per heavy atom. The lowest BCUT2D eigenvalue weighted by atomic mass is 10.2. The zero-order valence-corrected chi connectivity index (χ0v) is 15.8. The van der Waals surface area contributed by atoms with Gasteiger partial charge >= 0.3 is 5.97 Å². The number of carbonyl (C=O) groups is 2. The van der Waals surface area contributed by atoms with Gasteiger partial charge in [0, 0.05) is 16.3 Å². The summed E-state index contributed by atoms with van der Waals surface area (Å²) in [7, 11) is 0. The molecule has 0 saturated carbocycles. The Balaban J connectivity index is 1.73. The lowest BCUT2D eigenvalue weighted by molar-refractivity contribution is 0.0526. The van der Waals surface area contributed by atoms with E-state index in [1.54, 1.807) is 61.5 Å². The molecule has 7 heteroatoms. The van der Waals surface area contributed by atoms with E-state index in [0.29, 0.717) is 39.2 Å². The van der Waals surface area contributed by atoms with Gasteiger partial charge in [0.05, 0.1) is 17.2 Å². The van der Waals surface area contributed by atoms with Gasteiger partial charge in [-0.25, -0.2) is 4.79 Å². The predicted octanol–water partition coefficient (Wildman–Crippen LogP) is 5.68. The summed E-state index contributed by atoms with van der Waals surface area (Å²) >= 11 is 12.1. The Bertz CT molecular complexity index is 980. The molecule has 1 amide bonds. The van der Waals surface area contributed by atoms with Gasteiger partial charge in [0.2, 0.25) is 0 Å². The first-order valence-corrected chi connectivity index (χ1v) is 8.87. The van der Waals surface area contributed by atoms with E-state index < -0.39 is 11.9 Å². The first-order chi connectivity index (χ1) is 13.0. The highest BCUT2D eigenvalue weighted by Gasteiger charge is 2.15. The maximum absolute atomic E-state index is 12.4. The second-order valence-electron chi connectivity index (χ2n) is 5.54. The molecule has 27 heavy (non-hydrogen) atoms. The lowest BCUT2D eigenvalue weighted by Crippen LogP contribution is -2.11. The number of carbonyl (C=O) groups excluding carboxylic acids is 2. The second-order valence-corrected chi connectivity index (χ2v) is 6.38. The van der Waals surface area contributed by atoms with E-state index in [1.165, 1.54) is 0 Å². The number of halogens is 2. The van der Waals surface area contributed by atoms with Crippen LogP contribution < -0.4 is 5.32 Å². The number of esters is 1. The van der Waals surface area contributed by atoms with Crippen LogP contribution in [0.1, 0.15) is 27.8 Å². The number of furan rings is 1. The Labute approximate surface area is 165 Å². The molecule has 0 bridgehead atoms. The topological polar surface area (TPSA) is 68.5 Å². The number of benzene rings is 2. The van der Waals surface area contributed by atoms with Crippen LogP contribution in [0.5, 0.6) is 0 Å². The highest BCUT2D eigenvalue weighted by molar-refractivity contribution is 6.35. The SMILES string of the molecule is CCOC(=O)c1ccc(NC(=O)c2ccc(-c3cc(Cl)ccc3Cl)o2)cc1. The number of anilines is 1. The number of nitrogens with one attached hydrogen (secondary N) is 1. The second kappa shape index (κ2) is 8.29. The van der Waals surface area contributed by atoms with Crippen LogP contribution in [0.2, 0.25) is 10.0 Å². The summed E-state index contributed by atoms with van der Waals surface area (Å²) in [5.41, 5.74) is 1.53. The Kier molecular flexibility index (Phi) is 5.84. The largest absolute Gasteiger partial charge is 0.462 e. The van der Waals surface area contributed by atoms with Crippen LogP contribution in [0, 0.1) is 0 Å². The van der Waals surface area contributed by atoms with Gasteiger partial charge in [0.1, 0.15) is 5.76 Å². The highest BCUT2D eigenvalue weighted by atomic mass is 35.5. The summed E-state index contributed by atoms with van der Waals surface area (Å²) in [5, 5.41) is 3.68. The first kappa shape index (κ1) is 19.0. The van der Waals surface area contributed by atoms with E-state index in [9.17, 15) is 9.59 Å². The average molecular weight is 404 g/mol. The van der Waals surface area contributed by atoms with Gasteiger partial charge in [-0.2, -0.15) is 0 Å². The van der Waals surface area contributed by atoms with Crippen LogP contribution in [0.4, 0.5) is 5.69 Å². The van der Waals surface area contributed by atoms with E-state index in [2.05, 4.69) is 5.32 Å². The van der Waals surface area contributed by atoms with Crippen molar-refractivity contribution in [1.29, 1.82) is 0 Å². The normalized spacial score (nSPS) is 10.5. The molecule has 5 nitrogen and oxygen atoms in total. The van der Waals surface area contributed by atoms with Crippen molar-refractivity contribution in [1.82, 2.24) is 0 Å². The van der Waals surface area contributed by atoms with Gasteiger partial charge in [-0.3, -0.25) is 4.79 Å². The van der Waals surface area contributed by atoms with Crippen LogP contribution in [-0.2, 0) is 4.74 Å². The van der Waals surface area contributed by atoms with E-state index in [-0.39, 0.29) is 5.76 Å². The number of hydrogen-bond acceptors (Lipinski definition) is 4. The Morgan fingerprint density at radius 2 is 1.78 bits per heavy atom. The van der Waals surface area contributed by atoms with Gasteiger partial charge < -0.3 is 14.5 Å². The summed E-state index contributed by atoms with van der Waals surface area (Å²) in [5.74, 6) is -0.284. The van der Waals surface area contributed by atoms with Crippen LogP contribution in [-0.4, -0.2) is 18.5 Å². The summed E-state index contributed by atoms with van der Waals surface area (Å²) in [6.45, 7) is 2.04. The molecule has 2 aromatic carbocycles. The zero-order chi connectivity index (χ0) is 19.4. The molecule has 0 saturated heterocycles. The van der Waals surface area contributed by atoms with Gasteiger partial charge in [-0.15, -0.1) is 0 Å². The van der Waals surface area contributed by atoms with E-state index in [4.69, 9.17) is 32.4 Å². The minimum atomic E-state index is -0.428. The summed E-state index contributed by atoms with van der Waals surface area (Å²) in [4.78, 5) is 24.0. The Hall–Kier alpha value is -2.76. The zero-order valence-electron chi connectivity index (χ0n) is 14.3. The smallest absolute Gasteiger partial charge is 0.338 e. The molecule has 0 spiro atoms. The van der Waals surface area contributed by atoms with E-state index >= 15 is 0 Å². The predicted molar refractivity (Wildman–Crippen MR) is 105 cm³/mol. The Morgan fingerprint density at radius 3 is 2.48 bits per heavy atom. The fourth-order valence-corrected chi connectivity index (χ4v) is 2.77. The van der Waals surface area contributed by atoms with Gasteiger partial charge in [0.15, 0.2) is 5.76 Å². The average Bonchev–Trinajstić information content (AvgIpc) is 3.14. The fourth-order valence-electron chi connectivity index (χ4n) is 2.39. The van der Waals surface area contributed by atoms with Crippen molar-refractivity contribution in [2.75, 3.05) is 11.9 Å². The van der Waals surface area contributed by atoms with Crippen molar-refractivity contribution in [3.8, 4) is 11.3 Å². The van der Waals surface area contributed by atoms with Gasteiger partial charge in [0.25, 0.3) is 5.91 Å². The number of hydrogen-bond donors (Lipinski definition) is 1. The molecule has 1 N–H and O–H groups in total. The molecule has 1 aromatic heterocycles. The molecule has 0 unspecified atom stereocenters. The van der Waals surface area contributed by atoms with Gasteiger partial charge in [-0.05, 0) is 61.5 Å². The van der Waals surface area contributed by atoms with Crippen molar-refractivity contribution >= 4 is 40.8 Å². The molecule has 0 fully saturated rings. The standard InChI is InChI=1S/C20H15Cl2NO4/c1-2-26-20(25)12-3-6-14(7-4-12)23-19(24)18-10-9-17(27-18)15-11-13(21)5-8-16(15)22/h3-11H,2H2,1H3,(H,23,24). The van der Waals surface area contributed by atoms with Crippen LogP contribution in [0.25, 0.3) is 11.3 Å². The van der Waals surface area contributed by atoms with E-state index in [0.717, 1.165) is 0 Å². The fraction of sp³-hybridized carbons (Fsp3) is 0.100. The van der Waals surface area contributed by atoms with Crippen molar-refractivity contribution in [3.63, 3.8) is 0 Å². The third-order valence-corrected chi connectivity index (χ3v) is 4.24. The summed E-state index contributed by atoms with van der Waals surface area (Å²) < 4.78 is 10.5. The van der Waals surface area contributed by atoms with E-state index in [1.807, 2.05) is 0 Å². The number of ether oxygens (including phenoxy) is 1. The molecular formula is C20H15Cl2NO4.